The van der Waals surface area contributed by atoms with Crippen molar-refractivity contribution in [1.29, 1.82) is 0 Å². The first kappa shape index (κ1) is 9.03. The highest BCUT2D eigenvalue weighted by molar-refractivity contribution is 9.10. The lowest BCUT2D eigenvalue weighted by atomic mass is 10.3. The molecule has 0 fully saturated rings. The minimum atomic E-state index is -0.195. The molecule has 1 heterocycles. The lowest BCUT2D eigenvalue weighted by Gasteiger charge is -1.92. The lowest BCUT2D eigenvalue weighted by Crippen LogP contribution is -1.81. The standard InChI is InChI=1S/C9H7BrClNO/c1-5(11)9-12-7-4-2-3-6(10)8(7)13-9/h2-5H,1H3. The van der Waals surface area contributed by atoms with E-state index in [1.165, 1.54) is 0 Å². The first-order valence-corrected chi connectivity index (χ1v) is 5.10. The second-order valence-electron chi connectivity index (χ2n) is 2.76. The van der Waals surface area contributed by atoms with E-state index in [4.69, 9.17) is 16.0 Å². The minimum Gasteiger partial charge on any atom is -0.438 e. The van der Waals surface area contributed by atoms with Crippen molar-refractivity contribution in [2.75, 3.05) is 0 Å². The normalized spacial score (nSPS) is 13.5. The van der Waals surface area contributed by atoms with E-state index in [1.54, 1.807) is 0 Å². The topological polar surface area (TPSA) is 26.0 Å². The molecule has 0 bridgehead atoms. The predicted octanol–water partition coefficient (Wildman–Crippen LogP) is 3.89. The molecule has 0 saturated heterocycles. The molecule has 0 radical (unpaired) electrons. The monoisotopic (exact) mass is 259 g/mol. The fourth-order valence-electron chi connectivity index (χ4n) is 1.10. The Balaban J connectivity index is 2.68. The Hall–Kier alpha value is -0.540. The van der Waals surface area contributed by atoms with Crippen molar-refractivity contribution in [3.8, 4) is 0 Å². The number of hydrogen-bond acceptors (Lipinski definition) is 2. The molecule has 0 spiro atoms. The number of hydrogen-bond donors (Lipinski definition) is 0. The van der Waals surface area contributed by atoms with Gasteiger partial charge in [0.2, 0.25) is 5.89 Å². The van der Waals surface area contributed by atoms with Crippen LogP contribution in [-0.2, 0) is 0 Å². The highest BCUT2D eigenvalue weighted by atomic mass is 79.9. The van der Waals surface area contributed by atoms with Crippen molar-refractivity contribution in [2.45, 2.75) is 12.3 Å². The fourth-order valence-corrected chi connectivity index (χ4v) is 1.63. The molecule has 0 aliphatic carbocycles. The summed E-state index contributed by atoms with van der Waals surface area (Å²) in [6, 6.07) is 5.72. The molecule has 0 amide bonds. The molecule has 1 aromatic carbocycles. The molecular weight excluding hydrogens is 253 g/mol. The Labute approximate surface area is 89.0 Å². The molecule has 2 aromatic rings. The van der Waals surface area contributed by atoms with Crippen molar-refractivity contribution in [3.05, 3.63) is 28.6 Å². The van der Waals surface area contributed by atoms with E-state index in [-0.39, 0.29) is 5.38 Å². The Kier molecular flexibility index (Phi) is 2.30. The van der Waals surface area contributed by atoms with E-state index in [2.05, 4.69) is 20.9 Å². The number of fused-ring (bicyclic) bond motifs is 1. The third-order valence-corrected chi connectivity index (χ3v) is 2.53. The van der Waals surface area contributed by atoms with E-state index in [1.807, 2.05) is 25.1 Å². The Morgan fingerprint density at radius 3 is 2.92 bits per heavy atom. The SMILES string of the molecule is CC(Cl)c1nc2cccc(Br)c2o1. The second-order valence-corrected chi connectivity index (χ2v) is 4.27. The number of aromatic nitrogens is 1. The molecule has 0 aliphatic rings. The van der Waals surface area contributed by atoms with E-state index in [9.17, 15) is 0 Å². The maximum atomic E-state index is 5.86. The lowest BCUT2D eigenvalue weighted by molar-refractivity contribution is 0.530. The van der Waals surface area contributed by atoms with Gasteiger partial charge in [-0.25, -0.2) is 4.98 Å². The molecule has 1 aromatic heterocycles. The molecule has 2 rings (SSSR count). The summed E-state index contributed by atoms with van der Waals surface area (Å²) in [5.74, 6) is 0.559. The van der Waals surface area contributed by atoms with Crippen molar-refractivity contribution in [1.82, 2.24) is 4.98 Å². The number of alkyl halides is 1. The molecule has 0 aliphatic heterocycles. The van der Waals surface area contributed by atoms with Crippen molar-refractivity contribution >= 4 is 38.6 Å². The average molecular weight is 261 g/mol. The van der Waals surface area contributed by atoms with Gasteiger partial charge in [-0.1, -0.05) is 6.07 Å². The van der Waals surface area contributed by atoms with Crippen LogP contribution in [0.15, 0.2) is 27.1 Å². The maximum Gasteiger partial charge on any atom is 0.213 e. The number of rotatable bonds is 1. The van der Waals surface area contributed by atoms with Crippen LogP contribution in [0.2, 0.25) is 0 Å². The second kappa shape index (κ2) is 3.31. The van der Waals surface area contributed by atoms with E-state index in [0.717, 1.165) is 15.6 Å². The first-order valence-electron chi connectivity index (χ1n) is 3.87. The quantitative estimate of drug-likeness (QED) is 0.727. The summed E-state index contributed by atoms with van der Waals surface area (Å²) < 4.78 is 6.37. The average Bonchev–Trinajstić information content (AvgIpc) is 2.49. The van der Waals surface area contributed by atoms with Gasteiger partial charge in [-0.2, -0.15) is 0 Å². The van der Waals surface area contributed by atoms with Crippen LogP contribution in [0.3, 0.4) is 0 Å². The summed E-state index contributed by atoms with van der Waals surface area (Å²) in [5, 5.41) is -0.195. The molecular formula is C9H7BrClNO. The Morgan fingerprint density at radius 2 is 2.31 bits per heavy atom. The van der Waals surface area contributed by atoms with Gasteiger partial charge in [-0.15, -0.1) is 11.6 Å². The summed E-state index contributed by atoms with van der Waals surface area (Å²) in [4.78, 5) is 4.24. The maximum absolute atomic E-state index is 5.86. The number of halogens is 2. The van der Waals surface area contributed by atoms with Gasteiger partial charge < -0.3 is 4.42 Å². The summed E-state index contributed by atoms with van der Waals surface area (Å²) in [5.41, 5.74) is 1.59. The first-order chi connectivity index (χ1) is 6.18. The molecule has 0 N–H and O–H groups in total. The van der Waals surface area contributed by atoms with Crippen LogP contribution in [0.25, 0.3) is 11.1 Å². The largest absolute Gasteiger partial charge is 0.438 e. The van der Waals surface area contributed by atoms with Crippen LogP contribution in [-0.4, -0.2) is 4.98 Å². The molecule has 4 heteroatoms. The zero-order valence-electron chi connectivity index (χ0n) is 6.92. The van der Waals surface area contributed by atoms with E-state index < -0.39 is 0 Å². The van der Waals surface area contributed by atoms with Crippen molar-refractivity contribution in [3.63, 3.8) is 0 Å². The predicted molar refractivity (Wildman–Crippen MR) is 56.0 cm³/mol. The number of oxazole rings is 1. The number of para-hydroxylation sites is 1. The smallest absolute Gasteiger partial charge is 0.213 e. The molecule has 1 atom stereocenters. The fraction of sp³-hybridized carbons (Fsp3) is 0.222. The molecule has 13 heavy (non-hydrogen) atoms. The van der Waals surface area contributed by atoms with Crippen LogP contribution in [0.5, 0.6) is 0 Å². The van der Waals surface area contributed by atoms with Crippen LogP contribution >= 0.6 is 27.5 Å². The highest BCUT2D eigenvalue weighted by Gasteiger charge is 2.11. The van der Waals surface area contributed by atoms with E-state index in [0.29, 0.717) is 5.89 Å². The van der Waals surface area contributed by atoms with Gasteiger partial charge in [0.1, 0.15) is 10.9 Å². The zero-order chi connectivity index (χ0) is 9.42. The Morgan fingerprint density at radius 1 is 1.54 bits per heavy atom. The Bertz CT molecular complexity index is 438. The van der Waals surface area contributed by atoms with Gasteiger partial charge in [0.05, 0.1) is 4.47 Å². The van der Waals surface area contributed by atoms with Crippen LogP contribution in [0.1, 0.15) is 18.2 Å². The van der Waals surface area contributed by atoms with Crippen LogP contribution in [0, 0.1) is 0 Å². The van der Waals surface area contributed by atoms with Crippen molar-refractivity contribution in [2.24, 2.45) is 0 Å². The summed E-state index contributed by atoms with van der Waals surface area (Å²) in [7, 11) is 0. The van der Waals surface area contributed by atoms with Gasteiger partial charge in [-0.05, 0) is 35.0 Å². The van der Waals surface area contributed by atoms with Gasteiger partial charge in [0.25, 0.3) is 0 Å². The van der Waals surface area contributed by atoms with Gasteiger partial charge in [0.15, 0.2) is 5.58 Å². The molecule has 68 valence electrons. The highest BCUT2D eigenvalue weighted by Crippen LogP contribution is 2.28. The molecule has 0 saturated carbocycles. The van der Waals surface area contributed by atoms with Crippen LogP contribution in [0.4, 0.5) is 0 Å². The summed E-state index contributed by atoms with van der Waals surface area (Å²) in [6.07, 6.45) is 0. The third-order valence-electron chi connectivity index (χ3n) is 1.72. The molecule has 1 unspecified atom stereocenters. The van der Waals surface area contributed by atoms with Gasteiger partial charge >= 0.3 is 0 Å². The number of nitrogens with zero attached hydrogens (tertiary/aromatic N) is 1. The summed E-state index contributed by atoms with van der Waals surface area (Å²) in [6.45, 7) is 1.83. The third kappa shape index (κ3) is 1.58. The zero-order valence-corrected chi connectivity index (χ0v) is 9.26. The van der Waals surface area contributed by atoms with Crippen LogP contribution < -0.4 is 0 Å². The summed E-state index contributed by atoms with van der Waals surface area (Å²) >= 11 is 9.24. The minimum absolute atomic E-state index is 0.195. The number of benzene rings is 1. The van der Waals surface area contributed by atoms with Gasteiger partial charge in [-0.3, -0.25) is 0 Å². The van der Waals surface area contributed by atoms with Crippen molar-refractivity contribution < 1.29 is 4.42 Å². The molecule has 2 nitrogen and oxygen atoms in total. The van der Waals surface area contributed by atoms with E-state index >= 15 is 0 Å². The van der Waals surface area contributed by atoms with Gasteiger partial charge in [0, 0.05) is 0 Å².